The molecule has 0 bridgehead atoms. The summed E-state index contributed by atoms with van der Waals surface area (Å²) in [6, 6.07) is 5.82. The smallest absolute Gasteiger partial charge is 0.0595 e. The molecule has 0 fully saturated rings. The Balaban J connectivity index is 2.19. The molecule has 0 aliphatic rings. The number of nitrogens with one attached hydrogen (secondary N) is 1. The molecule has 102 valence electrons. The van der Waals surface area contributed by atoms with E-state index < -0.39 is 0 Å². The molecule has 0 aromatic heterocycles. The lowest BCUT2D eigenvalue weighted by atomic mass is 10.1. The minimum absolute atomic E-state index is 0.620. The monoisotopic (exact) mass is 288 g/mol. The van der Waals surface area contributed by atoms with Crippen LogP contribution in [-0.4, -0.2) is 37.6 Å². The minimum Gasteiger partial charge on any atom is -0.315 e. The van der Waals surface area contributed by atoms with Crippen molar-refractivity contribution in [2.45, 2.75) is 20.3 Å². The van der Waals surface area contributed by atoms with Crippen molar-refractivity contribution in [3.8, 4) is 0 Å². The molecular weight excluding hydrogens is 267 g/mol. The fraction of sp³-hybridized carbons (Fsp3) is 0.571. The summed E-state index contributed by atoms with van der Waals surface area (Å²) in [6.07, 6.45) is 0.981. The highest BCUT2D eigenvalue weighted by atomic mass is 35.5. The number of rotatable bonds is 8. The second kappa shape index (κ2) is 8.76. The van der Waals surface area contributed by atoms with Gasteiger partial charge in [0.2, 0.25) is 0 Å². The predicted octanol–water partition coefficient (Wildman–Crippen LogP) is 3.47. The van der Waals surface area contributed by atoms with Crippen LogP contribution in [0.2, 0.25) is 10.0 Å². The highest BCUT2D eigenvalue weighted by molar-refractivity contribution is 6.42. The summed E-state index contributed by atoms with van der Waals surface area (Å²) in [5.74, 6) is 0. The minimum atomic E-state index is 0.620. The van der Waals surface area contributed by atoms with Gasteiger partial charge in [0, 0.05) is 13.1 Å². The van der Waals surface area contributed by atoms with E-state index in [2.05, 4.69) is 24.1 Å². The summed E-state index contributed by atoms with van der Waals surface area (Å²) in [5, 5.41) is 4.71. The fourth-order valence-corrected chi connectivity index (χ4v) is 2.15. The third-order valence-electron chi connectivity index (χ3n) is 3.07. The lowest BCUT2D eigenvalue weighted by Gasteiger charge is -2.17. The molecule has 1 aromatic rings. The van der Waals surface area contributed by atoms with Gasteiger partial charge >= 0.3 is 0 Å². The molecule has 0 amide bonds. The first kappa shape index (κ1) is 15.8. The summed E-state index contributed by atoms with van der Waals surface area (Å²) in [6.45, 7) is 9.73. The average molecular weight is 289 g/mol. The number of halogens is 2. The van der Waals surface area contributed by atoms with Crippen molar-refractivity contribution in [2.75, 3.05) is 32.7 Å². The summed E-state index contributed by atoms with van der Waals surface area (Å²) in [7, 11) is 0. The maximum Gasteiger partial charge on any atom is 0.0595 e. The van der Waals surface area contributed by atoms with E-state index in [4.69, 9.17) is 23.2 Å². The van der Waals surface area contributed by atoms with Gasteiger partial charge in [-0.05, 0) is 43.8 Å². The van der Waals surface area contributed by atoms with Gasteiger partial charge in [-0.1, -0.05) is 43.1 Å². The maximum atomic E-state index is 5.97. The Hall–Kier alpha value is -0.280. The second-order valence-corrected chi connectivity index (χ2v) is 5.09. The van der Waals surface area contributed by atoms with Gasteiger partial charge in [-0.15, -0.1) is 0 Å². The van der Waals surface area contributed by atoms with E-state index in [9.17, 15) is 0 Å². The van der Waals surface area contributed by atoms with Crippen LogP contribution in [0.1, 0.15) is 19.4 Å². The number of nitrogens with zero attached hydrogens (tertiary/aromatic N) is 1. The molecule has 1 aromatic carbocycles. The van der Waals surface area contributed by atoms with Gasteiger partial charge in [-0.2, -0.15) is 0 Å². The summed E-state index contributed by atoms with van der Waals surface area (Å²) < 4.78 is 0. The molecule has 0 atom stereocenters. The van der Waals surface area contributed by atoms with Crippen LogP contribution in [0, 0.1) is 0 Å². The van der Waals surface area contributed by atoms with Crippen LogP contribution in [0.15, 0.2) is 18.2 Å². The SMILES string of the molecule is CCN(CC)CCNCCc1ccc(Cl)c(Cl)c1. The average Bonchev–Trinajstić information content (AvgIpc) is 2.38. The molecule has 0 aliphatic carbocycles. The van der Waals surface area contributed by atoms with Crippen molar-refractivity contribution in [2.24, 2.45) is 0 Å². The van der Waals surface area contributed by atoms with Crippen molar-refractivity contribution in [3.05, 3.63) is 33.8 Å². The molecule has 0 unspecified atom stereocenters. The lowest BCUT2D eigenvalue weighted by Crippen LogP contribution is -2.32. The standard InChI is InChI=1S/C14H22Cl2N2/c1-3-18(4-2)10-9-17-8-7-12-5-6-13(15)14(16)11-12/h5-6,11,17H,3-4,7-10H2,1-2H3. The Morgan fingerprint density at radius 1 is 1.06 bits per heavy atom. The van der Waals surface area contributed by atoms with Crippen LogP contribution in [0.3, 0.4) is 0 Å². The fourth-order valence-electron chi connectivity index (χ4n) is 1.83. The number of hydrogen-bond donors (Lipinski definition) is 1. The Labute approximate surface area is 120 Å². The molecule has 0 aliphatic heterocycles. The van der Waals surface area contributed by atoms with E-state index in [1.807, 2.05) is 18.2 Å². The molecule has 0 heterocycles. The normalized spacial score (nSPS) is 11.2. The molecule has 18 heavy (non-hydrogen) atoms. The quantitative estimate of drug-likeness (QED) is 0.737. The van der Waals surface area contributed by atoms with Gasteiger partial charge in [0.15, 0.2) is 0 Å². The second-order valence-electron chi connectivity index (χ2n) is 4.28. The first-order valence-electron chi connectivity index (χ1n) is 6.54. The van der Waals surface area contributed by atoms with Gasteiger partial charge in [-0.25, -0.2) is 0 Å². The van der Waals surface area contributed by atoms with E-state index in [-0.39, 0.29) is 0 Å². The van der Waals surface area contributed by atoms with Crippen LogP contribution in [-0.2, 0) is 6.42 Å². The summed E-state index contributed by atoms with van der Waals surface area (Å²) in [4.78, 5) is 2.41. The van der Waals surface area contributed by atoms with Crippen LogP contribution in [0.25, 0.3) is 0 Å². The van der Waals surface area contributed by atoms with Crippen LogP contribution in [0.4, 0.5) is 0 Å². The number of benzene rings is 1. The zero-order valence-corrected chi connectivity index (χ0v) is 12.7. The number of hydrogen-bond acceptors (Lipinski definition) is 2. The molecule has 0 saturated heterocycles. The molecule has 1 rings (SSSR count). The highest BCUT2D eigenvalue weighted by Crippen LogP contribution is 2.22. The van der Waals surface area contributed by atoms with Gasteiger partial charge in [0.1, 0.15) is 0 Å². The van der Waals surface area contributed by atoms with Crippen molar-refractivity contribution in [1.29, 1.82) is 0 Å². The van der Waals surface area contributed by atoms with Crippen LogP contribution >= 0.6 is 23.2 Å². The first-order valence-corrected chi connectivity index (χ1v) is 7.30. The Bertz CT molecular complexity index is 352. The van der Waals surface area contributed by atoms with Crippen molar-refractivity contribution in [1.82, 2.24) is 10.2 Å². The summed E-state index contributed by atoms with van der Waals surface area (Å²) >= 11 is 11.9. The maximum absolute atomic E-state index is 5.97. The van der Waals surface area contributed by atoms with E-state index in [1.165, 1.54) is 5.56 Å². The molecular formula is C14H22Cl2N2. The third-order valence-corrected chi connectivity index (χ3v) is 3.81. The van der Waals surface area contributed by atoms with Crippen molar-refractivity contribution in [3.63, 3.8) is 0 Å². The van der Waals surface area contributed by atoms with Gasteiger partial charge in [-0.3, -0.25) is 0 Å². The first-order chi connectivity index (χ1) is 8.67. The van der Waals surface area contributed by atoms with E-state index in [0.717, 1.165) is 39.1 Å². The molecule has 0 saturated carbocycles. The Morgan fingerprint density at radius 2 is 1.78 bits per heavy atom. The zero-order chi connectivity index (χ0) is 13.4. The molecule has 4 heteroatoms. The molecule has 1 N–H and O–H groups in total. The Morgan fingerprint density at radius 3 is 2.39 bits per heavy atom. The van der Waals surface area contributed by atoms with Gasteiger partial charge in [0.25, 0.3) is 0 Å². The van der Waals surface area contributed by atoms with Crippen molar-refractivity contribution >= 4 is 23.2 Å². The molecule has 0 radical (unpaired) electrons. The highest BCUT2D eigenvalue weighted by Gasteiger charge is 2.00. The van der Waals surface area contributed by atoms with Gasteiger partial charge < -0.3 is 10.2 Å². The number of likely N-dealkylation sites (N-methyl/N-ethyl adjacent to an activating group) is 1. The lowest BCUT2D eigenvalue weighted by molar-refractivity contribution is 0.303. The molecule has 0 spiro atoms. The zero-order valence-electron chi connectivity index (χ0n) is 11.2. The van der Waals surface area contributed by atoms with E-state index >= 15 is 0 Å². The van der Waals surface area contributed by atoms with Crippen molar-refractivity contribution < 1.29 is 0 Å². The summed E-state index contributed by atoms with van der Waals surface area (Å²) in [5.41, 5.74) is 1.22. The largest absolute Gasteiger partial charge is 0.315 e. The van der Waals surface area contributed by atoms with E-state index in [0.29, 0.717) is 10.0 Å². The molecule has 2 nitrogen and oxygen atoms in total. The van der Waals surface area contributed by atoms with Crippen LogP contribution in [0.5, 0.6) is 0 Å². The van der Waals surface area contributed by atoms with Crippen LogP contribution < -0.4 is 5.32 Å². The van der Waals surface area contributed by atoms with E-state index in [1.54, 1.807) is 0 Å². The third kappa shape index (κ3) is 5.57. The Kier molecular flexibility index (Phi) is 7.68. The predicted molar refractivity (Wildman–Crippen MR) is 80.8 cm³/mol. The van der Waals surface area contributed by atoms with Gasteiger partial charge in [0.05, 0.1) is 10.0 Å². The topological polar surface area (TPSA) is 15.3 Å².